The van der Waals surface area contributed by atoms with E-state index in [2.05, 4.69) is 23.3 Å². The summed E-state index contributed by atoms with van der Waals surface area (Å²) in [7, 11) is 0. The number of hydrogen-bond acceptors (Lipinski definition) is 2. The molecule has 0 heterocycles. The fourth-order valence-corrected chi connectivity index (χ4v) is 3.62. The van der Waals surface area contributed by atoms with Crippen LogP contribution >= 0.6 is 11.8 Å². The smallest absolute Gasteiger partial charge is 0.0281 e. The first-order valence-corrected chi connectivity index (χ1v) is 7.83. The van der Waals surface area contributed by atoms with Crippen molar-refractivity contribution in [1.82, 2.24) is 5.32 Å². The molecule has 0 aromatic rings. The average molecular weight is 227 g/mol. The van der Waals surface area contributed by atoms with Gasteiger partial charge in [0, 0.05) is 11.3 Å². The number of rotatable bonds is 6. The lowest BCUT2D eigenvalue weighted by atomic mass is 9.88. The van der Waals surface area contributed by atoms with Crippen LogP contribution < -0.4 is 5.32 Å². The first-order chi connectivity index (χ1) is 7.35. The van der Waals surface area contributed by atoms with Crippen molar-refractivity contribution < 1.29 is 0 Å². The molecule has 88 valence electrons. The van der Waals surface area contributed by atoms with Gasteiger partial charge in [0.1, 0.15) is 0 Å². The highest BCUT2D eigenvalue weighted by Crippen LogP contribution is 2.38. The van der Waals surface area contributed by atoms with Crippen molar-refractivity contribution in [2.24, 2.45) is 5.92 Å². The average Bonchev–Trinajstić information content (AvgIpc) is 3.10. The van der Waals surface area contributed by atoms with Crippen molar-refractivity contribution in [3.8, 4) is 0 Å². The molecule has 0 saturated heterocycles. The molecule has 2 rings (SSSR count). The van der Waals surface area contributed by atoms with Gasteiger partial charge < -0.3 is 5.32 Å². The van der Waals surface area contributed by atoms with E-state index in [0.717, 1.165) is 5.92 Å². The Hall–Kier alpha value is 0.310. The lowest BCUT2D eigenvalue weighted by Crippen LogP contribution is -2.39. The maximum absolute atomic E-state index is 3.70. The fraction of sp³-hybridized carbons (Fsp3) is 1.00. The van der Waals surface area contributed by atoms with Gasteiger partial charge in [-0.3, -0.25) is 0 Å². The summed E-state index contributed by atoms with van der Waals surface area (Å²) in [6.45, 7) is 2.51. The molecule has 1 N–H and O–H groups in total. The van der Waals surface area contributed by atoms with Crippen LogP contribution in [-0.4, -0.2) is 24.1 Å². The first-order valence-electron chi connectivity index (χ1n) is 6.60. The molecule has 0 aliphatic heterocycles. The molecule has 0 radical (unpaired) electrons. The molecule has 0 spiro atoms. The lowest BCUT2D eigenvalue weighted by Gasteiger charge is -2.36. The van der Waals surface area contributed by atoms with Crippen molar-refractivity contribution in [3.63, 3.8) is 0 Å². The third-order valence-corrected chi connectivity index (χ3v) is 5.49. The largest absolute Gasteiger partial charge is 0.315 e. The van der Waals surface area contributed by atoms with Crippen LogP contribution in [0.5, 0.6) is 0 Å². The Balaban J connectivity index is 1.64. The third kappa shape index (κ3) is 3.67. The molecule has 2 heteroatoms. The van der Waals surface area contributed by atoms with Gasteiger partial charge in [-0.1, -0.05) is 32.1 Å². The monoisotopic (exact) mass is 227 g/mol. The summed E-state index contributed by atoms with van der Waals surface area (Å²) in [5.41, 5.74) is 0. The SMILES string of the molecule is CSC1(CNCCC2CC2)CCCCC1. The highest BCUT2D eigenvalue weighted by Gasteiger charge is 2.30. The Morgan fingerprint density at radius 3 is 2.53 bits per heavy atom. The van der Waals surface area contributed by atoms with E-state index >= 15 is 0 Å². The van der Waals surface area contributed by atoms with Crippen LogP contribution in [-0.2, 0) is 0 Å². The molecule has 1 nitrogen and oxygen atoms in total. The Kier molecular flexibility index (Phi) is 4.39. The summed E-state index contributed by atoms with van der Waals surface area (Å²) in [6.07, 6.45) is 13.9. The zero-order valence-electron chi connectivity index (χ0n) is 10.1. The van der Waals surface area contributed by atoms with Crippen LogP contribution in [0.2, 0.25) is 0 Å². The van der Waals surface area contributed by atoms with Crippen LogP contribution in [0.4, 0.5) is 0 Å². The Labute approximate surface area is 98.8 Å². The predicted octanol–water partition coefficient (Wildman–Crippen LogP) is 3.44. The summed E-state index contributed by atoms with van der Waals surface area (Å²) >= 11 is 2.11. The second-order valence-corrected chi connectivity index (χ2v) is 6.63. The molecule has 0 bridgehead atoms. The molecule has 15 heavy (non-hydrogen) atoms. The van der Waals surface area contributed by atoms with Gasteiger partial charge in [-0.2, -0.15) is 11.8 Å². The standard InChI is InChI=1S/C13H25NS/c1-15-13(8-3-2-4-9-13)11-14-10-7-12-5-6-12/h12,14H,2-11H2,1H3. The van der Waals surface area contributed by atoms with E-state index in [0.29, 0.717) is 4.75 Å². The maximum Gasteiger partial charge on any atom is 0.0281 e. The molecule has 2 aliphatic rings. The zero-order valence-corrected chi connectivity index (χ0v) is 10.9. The van der Waals surface area contributed by atoms with Gasteiger partial charge in [0.25, 0.3) is 0 Å². The maximum atomic E-state index is 3.70. The second-order valence-electron chi connectivity index (χ2n) is 5.36. The van der Waals surface area contributed by atoms with Crippen molar-refractivity contribution in [2.45, 2.75) is 56.1 Å². The molecule has 0 aromatic carbocycles. The number of nitrogens with one attached hydrogen (secondary N) is 1. The Morgan fingerprint density at radius 1 is 1.20 bits per heavy atom. The van der Waals surface area contributed by atoms with Gasteiger partial charge in [0.15, 0.2) is 0 Å². The molecular formula is C13H25NS. The number of hydrogen-bond donors (Lipinski definition) is 1. The summed E-state index contributed by atoms with van der Waals surface area (Å²) in [5.74, 6) is 1.08. The molecule has 0 amide bonds. The van der Waals surface area contributed by atoms with Crippen LogP contribution in [0.1, 0.15) is 51.4 Å². The first kappa shape index (κ1) is 11.8. The molecule has 0 aromatic heterocycles. The van der Waals surface area contributed by atoms with E-state index in [1.54, 1.807) is 0 Å². The summed E-state index contributed by atoms with van der Waals surface area (Å²) in [5, 5.41) is 3.70. The minimum atomic E-state index is 0.585. The highest BCUT2D eigenvalue weighted by molar-refractivity contribution is 8.00. The van der Waals surface area contributed by atoms with E-state index < -0.39 is 0 Å². The van der Waals surface area contributed by atoms with Crippen molar-refractivity contribution in [3.05, 3.63) is 0 Å². The normalized spacial score (nSPS) is 25.4. The predicted molar refractivity (Wildman–Crippen MR) is 69.5 cm³/mol. The van der Waals surface area contributed by atoms with E-state index in [9.17, 15) is 0 Å². The minimum absolute atomic E-state index is 0.585. The molecule has 2 fully saturated rings. The minimum Gasteiger partial charge on any atom is -0.315 e. The third-order valence-electron chi connectivity index (χ3n) is 4.07. The van der Waals surface area contributed by atoms with E-state index in [1.807, 2.05) is 0 Å². The highest BCUT2D eigenvalue weighted by atomic mass is 32.2. The summed E-state index contributed by atoms with van der Waals surface area (Å²) in [6, 6.07) is 0. The van der Waals surface area contributed by atoms with Crippen molar-refractivity contribution >= 4 is 11.8 Å². The topological polar surface area (TPSA) is 12.0 Å². The van der Waals surface area contributed by atoms with Crippen LogP contribution in [0.15, 0.2) is 0 Å². The molecule has 0 unspecified atom stereocenters. The molecule has 0 atom stereocenters. The fourth-order valence-electron chi connectivity index (χ4n) is 2.68. The molecular weight excluding hydrogens is 202 g/mol. The van der Waals surface area contributed by atoms with Gasteiger partial charge in [-0.05, 0) is 38.0 Å². The second kappa shape index (κ2) is 5.58. The molecule has 2 saturated carbocycles. The van der Waals surface area contributed by atoms with Crippen LogP contribution in [0.3, 0.4) is 0 Å². The van der Waals surface area contributed by atoms with Crippen LogP contribution in [0.25, 0.3) is 0 Å². The van der Waals surface area contributed by atoms with E-state index in [-0.39, 0.29) is 0 Å². The zero-order chi connectivity index (χ0) is 10.6. The van der Waals surface area contributed by atoms with E-state index in [1.165, 1.54) is 64.5 Å². The van der Waals surface area contributed by atoms with Gasteiger partial charge >= 0.3 is 0 Å². The summed E-state index contributed by atoms with van der Waals surface area (Å²) in [4.78, 5) is 0. The van der Waals surface area contributed by atoms with Crippen molar-refractivity contribution in [2.75, 3.05) is 19.3 Å². The molecule has 2 aliphatic carbocycles. The van der Waals surface area contributed by atoms with Gasteiger partial charge in [0.05, 0.1) is 0 Å². The summed E-state index contributed by atoms with van der Waals surface area (Å²) < 4.78 is 0.585. The van der Waals surface area contributed by atoms with Gasteiger partial charge in [0.2, 0.25) is 0 Å². The lowest BCUT2D eigenvalue weighted by molar-refractivity contribution is 0.378. The van der Waals surface area contributed by atoms with Gasteiger partial charge in [-0.15, -0.1) is 0 Å². The Bertz CT molecular complexity index is 183. The quantitative estimate of drug-likeness (QED) is 0.698. The van der Waals surface area contributed by atoms with Gasteiger partial charge in [-0.25, -0.2) is 0 Å². The number of thioether (sulfide) groups is 1. The van der Waals surface area contributed by atoms with E-state index in [4.69, 9.17) is 0 Å². The Morgan fingerprint density at radius 2 is 1.93 bits per heavy atom. The van der Waals surface area contributed by atoms with Crippen molar-refractivity contribution in [1.29, 1.82) is 0 Å². The van der Waals surface area contributed by atoms with Crippen LogP contribution in [0, 0.1) is 5.92 Å².